The zero-order valence-electron chi connectivity index (χ0n) is 12.1. The predicted molar refractivity (Wildman–Crippen MR) is 78.0 cm³/mol. The van der Waals surface area contributed by atoms with Gasteiger partial charge in [0.1, 0.15) is 0 Å². The highest BCUT2D eigenvalue weighted by molar-refractivity contribution is 5.99. The molecule has 1 aromatic heterocycles. The van der Waals surface area contributed by atoms with Crippen molar-refractivity contribution in [3.63, 3.8) is 0 Å². The Labute approximate surface area is 119 Å². The maximum Gasteiger partial charge on any atom is 0.253 e. The Morgan fingerprint density at radius 1 is 1.30 bits per heavy atom. The molecule has 0 aliphatic carbocycles. The highest BCUT2D eigenvalue weighted by atomic mass is 16.5. The van der Waals surface area contributed by atoms with Crippen molar-refractivity contribution in [1.29, 1.82) is 0 Å². The van der Waals surface area contributed by atoms with Crippen LogP contribution in [0.3, 0.4) is 0 Å². The van der Waals surface area contributed by atoms with E-state index in [0.29, 0.717) is 31.9 Å². The van der Waals surface area contributed by atoms with Crippen molar-refractivity contribution in [1.82, 2.24) is 10.3 Å². The van der Waals surface area contributed by atoms with Crippen LogP contribution in [0.5, 0.6) is 0 Å². The molecule has 0 radical (unpaired) electrons. The maximum atomic E-state index is 12.1. The number of hydrogen-bond donors (Lipinski definition) is 2. The molecule has 0 unspecified atom stereocenters. The van der Waals surface area contributed by atoms with Crippen LogP contribution in [-0.4, -0.2) is 50.9 Å². The zero-order chi connectivity index (χ0) is 14.6. The van der Waals surface area contributed by atoms with E-state index in [2.05, 4.69) is 22.5 Å². The summed E-state index contributed by atoms with van der Waals surface area (Å²) in [5, 5.41) is 6.01. The number of nitrogens with zero attached hydrogens (tertiary/aromatic N) is 1. The second kappa shape index (κ2) is 10.2. The minimum absolute atomic E-state index is 0.124. The number of pyridine rings is 1. The molecule has 0 spiro atoms. The van der Waals surface area contributed by atoms with Crippen LogP contribution < -0.4 is 10.6 Å². The number of amides is 1. The summed E-state index contributed by atoms with van der Waals surface area (Å²) in [6, 6.07) is 1.71. The summed E-state index contributed by atoms with van der Waals surface area (Å²) in [7, 11) is 1.62. The second-order valence-electron chi connectivity index (χ2n) is 4.21. The fourth-order valence-corrected chi connectivity index (χ4v) is 1.57. The van der Waals surface area contributed by atoms with E-state index in [1.165, 1.54) is 0 Å². The van der Waals surface area contributed by atoms with E-state index in [1.807, 2.05) is 0 Å². The molecule has 0 aromatic carbocycles. The Morgan fingerprint density at radius 3 is 2.90 bits per heavy atom. The Bertz CT molecular complexity index is 399. The van der Waals surface area contributed by atoms with Crippen LogP contribution in [0.1, 0.15) is 23.7 Å². The van der Waals surface area contributed by atoms with E-state index in [9.17, 15) is 4.79 Å². The topological polar surface area (TPSA) is 72.5 Å². The molecule has 0 bridgehead atoms. The summed E-state index contributed by atoms with van der Waals surface area (Å²) in [4.78, 5) is 16.1. The van der Waals surface area contributed by atoms with Crippen LogP contribution in [0.2, 0.25) is 0 Å². The highest BCUT2D eigenvalue weighted by Gasteiger charge is 2.10. The predicted octanol–water partition coefficient (Wildman–Crippen LogP) is 1.30. The molecule has 1 amide bonds. The molecule has 0 aliphatic rings. The zero-order valence-corrected chi connectivity index (χ0v) is 12.1. The highest BCUT2D eigenvalue weighted by Crippen LogP contribution is 2.12. The summed E-state index contributed by atoms with van der Waals surface area (Å²) in [5.74, 6) is -0.124. The van der Waals surface area contributed by atoms with Crippen molar-refractivity contribution < 1.29 is 14.3 Å². The van der Waals surface area contributed by atoms with Crippen molar-refractivity contribution in [3.8, 4) is 0 Å². The van der Waals surface area contributed by atoms with Gasteiger partial charge in [-0.3, -0.25) is 9.78 Å². The normalized spacial score (nSPS) is 10.3. The van der Waals surface area contributed by atoms with Gasteiger partial charge in [0.25, 0.3) is 5.91 Å². The third-order valence-corrected chi connectivity index (χ3v) is 2.59. The van der Waals surface area contributed by atoms with Gasteiger partial charge in [0, 0.05) is 26.4 Å². The minimum Gasteiger partial charge on any atom is -0.383 e. The molecule has 0 saturated carbocycles. The Balaban J connectivity index is 2.38. The van der Waals surface area contributed by atoms with Gasteiger partial charge >= 0.3 is 0 Å². The van der Waals surface area contributed by atoms with Gasteiger partial charge in [-0.25, -0.2) is 0 Å². The third kappa shape index (κ3) is 5.99. The van der Waals surface area contributed by atoms with Gasteiger partial charge in [-0.1, -0.05) is 6.92 Å². The Kier molecular flexibility index (Phi) is 8.33. The standard InChI is InChI=1S/C14H23N3O3/c1-3-5-16-13-11-15-6-4-12(13)14(18)17-7-8-20-10-9-19-2/h4,6,11,16H,3,5,7-10H2,1-2H3,(H,17,18). The number of methoxy groups -OCH3 is 1. The molecule has 6 nitrogen and oxygen atoms in total. The summed E-state index contributed by atoms with van der Waals surface area (Å²) >= 11 is 0. The van der Waals surface area contributed by atoms with Crippen LogP contribution in [0.25, 0.3) is 0 Å². The molecule has 1 aromatic rings. The molecule has 0 atom stereocenters. The van der Waals surface area contributed by atoms with Gasteiger partial charge in [0.2, 0.25) is 0 Å². The van der Waals surface area contributed by atoms with Gasteiger partial charge in [0.15, 0.2) is 0 Å². The first-order valence-electron chi connectivity index (χ1n) is 6.82. The molecule has 2 N–H and O–H groups in total. The number of carbonyl (C=O) groups excluding carboxylic acids is 1. The van der Waals surface area contributed by atoms with Crippen LogP contribution in [0.4, 0.5) is 5.69 Å². The van der Waals surface area contributed by atoms with Crippen molar-refractivity contribution in [2.24, 2.45) is 0 Å². The molecule has 112 valence electrons. The van der Waals surface area contributed by atoms with E-state index in [4.69, 9.17) is 9.47 Å². The minimum atomic E-state index is -0.124. The first-order valence-corrected chi connectivity index (χ1v) is 6.82. The van der Waals surface area contributed by atoms with Crippen LogP contribution >= 0.6 is 0 Å². The number of anilines is 1. The second-order valence-corrected chi connectivity index (χ2v) is 4.21. The Morgan fingerprint density at radius 2 is 2.15 bits per heavy atom. The number of aromatic nitrogens is 1. The average molecular weight is 281 g/mol. The van der Waals surface area contributed by atoms with Crippen molar-refractivity contribution in [3.05, 3.63) is 24.0 Å². The number of rotatable bonds is 10. The molecule has 0 aliphatic heterocycles. The van der Waals surface area contributed by atoms with Crippen molar-refractivity contribution in [2.45, 2.75) is 13.3 Å². The lowest BCUT2D eigenvalue weighted by Gasteiger charge is -2.11. The van der Waals surface area contributed by atoms with Gasteiger partial charge < -0.3 is 20.1 Å². The van der Waals surface area contributed by atoms with E-state index >= 15 is 0 Å². The fraction of sp³-hybridized carbons (Fsp3) is 0.571. The number of carbonyl (C=O) groups is 1. The lowest BCUT2D eigenvalue weighted by Crippen LogP contribution is -2.28. The molecular weight excluding hydrogens is 258 g/mol. The van der Waals surface area contributed by atoms with E-state index in [0.717, 1.165) is 18.7 Å². The fourth-order valence-electron chi connectivity index (χ4n) is 1.57. The van der Waals surface area contributed by atoms with Crippen LogP contribution in [-0.2, 0) is 9.47 Å². The largest absolute Gasteiger partial charge is 0.383 e. The molecule has 1 heterocycles. The summed E-state index contributed by atoms with van der Waals surface area (Å²) in [5.41, 5.74) is 1.36. The van der Waals surface area contributed by atoms with E-state index in [-0.39, 0.29) is 5.91 Å². The van der Waals surface area contributed by atoms with Gasteiger partial charge in [-0.05, 0) is 12.5 Å². The number of nitrogens with one attached hydrogen (secondary N) is 2. The SMILES string of the molecule is CCCNc1cnccc1C(=O)NCCOCCOC. The summed E-state index contributed by atoms with van der Waals surface area (Å²) < 4.78 is 10.2. The lowest BCUT2D eigenvalue weighted by molar-refractivity contribution is 0.0693. The van der Waals surface area contributed by atoms with Crippen LogP contribution in [0.15, 0.2) is 18.5 Å². The molecule has 20 heavy (non-hydrogen) atoms. The summed E-state index contributed by atoms with van der Waals surface area (Å²) in [6.45, 7) is 4.91. The smallest absolute Gasteiger partial charge is 0.253 e. The van der Waals surface area contributed by atoms with Gasteiger partial charge in [0.05, 0.1) is 37.3 Å². The van der Waals surface area contributed by atoms with Crippen molar-refractivity contribution >= 4 is 11.6 Å². The molecule has 0 fully saturated rings. The third-order valence-electron chi connectivity index (χ3n) is 2.59. The van der Waals surface area contributed by atoms with E-state index < -0.39 is 0 Å². The number of hydrogen-bond acceptors (Lipinski definition) is 5. The monoisotopic (exact) mass is 281 g/mol. The van der Waals surface area contributed by atoms with Gasteiger partial charge in [-0.2, -0.15) is 0 Å². The van der Waals surface area contributed by atoms with Crippen LogP contribution in [0, 0.1) is 0 Å². The molecule has 1 rings (SSSR count). The first kappa shape index (κ1) is 16.4. The van der Waals surface area contributed by atoms with E-state index in [1.54, 1.807) is 25.6 Å². The van der Waals surface area contributed by atoms with Crippen molar-refractivity contribution in [2.75, 3.05) is 45.3 Å². The first-order chi connectivity index (χ1) is 9.79. The lowest BCUT2D eigenvalue weighted by atomic mass is 10.2. The quantitative estimate of drug-likeness (QED) is 0.632. The summed E-state index contributed by atoms with van der Waals surface area (Å²) in [6.07, 6.45) is 4.27. The molecule has 0 saturated heterocycles. The molecule has 6 heteroatoms. The Hall–Kier alpha value is -1.66. The average Bonchev–Trinajstić information content (AvgIpc) is 2.48. The number of ether oxygens (including phenoxy) is 2. The molecular formula is C14H23N3O3. The van der Waals surface area contributed by atoms with Gasteiger partial charge in [-0.15, -0.1) is 0 Å². The maximum absolute atomic E-state index is 12.1.